The van der Waals surface area contributed by atoms with Crippen LogP contribution in [0.15, 0.2) is 0 Å². The topological polar surface area (TPSA) is 51.0 Å². The summed E-state index contributed by atoms with van der Waals surface area (Å²) in [6.07, 6.45) is 2.60. The lowest BCUT2D eigenvalue weighted by atomic mass is 10.3. The van der Waals surface area contributed by atoms with Gasteiger partial charge in [0.1, 0.15) is 3.70 Å². The molecule has 1 fully saturated rings. The summed E-state index contributed by atoms with van der Waals surface area (Å²) in [5, 5.41) is 7.91. The number of likely N-dealkylation sites (tertiary alicyclic amines) is 1. The van der Waals surface area contributed by atoms with Crippen LogP contribution in [0.4, 0.5) is 0 Å². The van der Waals surface area contributed by atoms with Crippen molar-refractivity contribution >= 4 is 28.4 Å². The van der Waals surface area contributed by atoms with Gasteiger partial charge in [0.15, 0.2) is 11.5 Å². The number of hydrogen-bond donors (Lipinski definition) is 0. The van der Waals surface area contributed by atoms with Gasteiger partial charge in [-0.1, -0.05) is 5.21 Å². The standard InChI is InChI=1S/C10H15IN4O/c1-8(16)9-10(11)15(13-12-9)7-6-14-4-2-3-5-14/h2-7H2,1H3. The van der Waals surface area contributed by atoms with Crippen LogP contribution in [0.1, 0.15) is 30.3 Å². The molecule has 0 N–H and O–H groups in total. The smallest absolute Gasteiger partial charge is 0.182 e. The van der Waals surface area contributed by atoms with Crippen LogP contribution in [0.2, 0.25) is 0 Å². The zero-order valence-corrected chi connectivity index (χ0v) is 11.5. The maximum Gasteiger partial charge on any atom is 0.182 e. The normalized spacial score (nSPS) is 16.9. The number of Topliss-reactive ketones (excluding diaryl/α,β-unsaturated/α-hetero) is 1. The number of nitrogens with zero attached hydrogens (tertiary/aromatic N) is 4. The average molecular weight is 334 g/mol. The van der Waals surface area contributed by atoms with Gasteiger partial charge >= 0.3 is 0 Å². The first kappa shape index (κ1) is 12.0. The largest absolute Gasteiger partial charge is 0.301 e. The van der Waals surface area contributed by atoms with Gasteiger partial charge in [-0.3, -0.25) is 4.79 Å². The molecule has 0 amide bonds. The van der Waals surface area contributed by atoms with Crippen molar-refractivity contribution in [2.75, 3.05) is 19.6 Å². The Labute approximate surface area is 108 Å². The maximum absolute atomic E-state index is 11.2. The van der Waals surface area contributed by atoms with Crippen LogP contribution in [-0.2, 0) is 6.54 Å². The van der Waals surface area contributed by atoms with Crippen molar-refractivity contribution in [2.24, 2.45) is 0 Å². The third-order valence-corrected chi connectivity index (χ3v) is 3.90. The number of halogens is 1. The highest BCUT2D eigenvalue weighted by Gasteiger charge is 2.15. The molecule has 1 aromatic rings. The third-order valence-electron chi connectivity index (χ3n) is 2.83. The van der Waals surface area contributed by atoms with Crippen LogP contribution in [0.25, 0.3) is 0 Å². The molecular formula is C10H15IN4O. The predicted octanol–water partition coefficient (Wildman–Crippen LogP) is 1.18. The fraction of sp³-hybridized carbons (Fsp3) is 0.700. The summed E-state index contributed by atoms with van der Waals surface area (Å²) in [7, 11) is 0. The lowest BCUT2D eigenvalue weighted by Gasteiger charge is -2.13. The third kappa shape index (κ3) is 2.60. The van der Waals surface area contributed by atoms with Crippen molar-refractivity contribution in [2.45, 2.75) is 26.3 Å². The molecule has 0 saturated carbocycles. The highest BCUT2D eigenvalue weighted by molar-refractivity contribution is 14.1. The molecule has 88 valence electrons. The monoisotopic (exact) mass is 334 g/mol. The molecule has 0 unspecified atom stereocenters. The van der Waals surface area contributed by atoms with E-state index in [1.807, 2.05) is 4.68 Å². The molecule has 0 aromatic carbocycles. The van der Waals surface area contributed by atoms with Gasteiger partial charge < -0.3 is 4.90 Å². The van der Waals surface area contributed by atoms with Gasteiger partial charge in [0.25, 0.3) is 0 Å². The lowest BCUT2D eigenvalue weighted by Crippen LogP contribution is -2.25. The van der Waals surface area contributed by atoms with Crippen molar-refractivity contribution in [1.29, 1.82) is 0 Å². The van der Waals surface area contributed by atoms with E-state index in [0.717, 1.165) is 16.8 Å². The Morgan fingerprint density at radius 3 is 2.62 bits per heavy atom. The Morgan fingerprint density at radius 1 is 1.38 bits per heavy atom. The van der Waals surface area contributed by atoms with Gasteiger partial charge in [0.2, 0.25) is 0 Å². The van der Waals surface area contributed by atoms with Gasteiger partial charge in [-0.05, 0) is 48.5 Å². The molecule has 0 bridgehead atoms. The molecule has 2 heterocycles. The minimum Gasteiger partial charge on any atom is -0.301 e. The zero-order chi connectivity index (χ0) is 11.5. The van der Waals surface area contributed by atoms with E-state index in [2.05, 4.69) is 37.8 Å². The number of rotatable bonds is 4. The van der Waals surface area contributed by atoms with E-state index >= 15 is 0 Å². The highest BCUT2D eigenvalue weighted by Crippen LogP contribution is 2.11. The summed E-state index contributed by atoms with van der Waals surface area (Å²) in [5.74, 6) is -0.0168. The zero-order valence-electron chi connectivity index (χ0n) is 9.32. The molecule has 0 radical (unpaired) electrons. The van der Waals surface area contributed by atoms with Gasteiger partial charge in [-0.15, -0.1) is 5.10 Å². The van der Waals surface area contributed by atoms with Crippen LogP contribution in [-0.4, -0.2) is 45.3 Å². The number of aromatic nitrogens is 3. The van der Waals surface area contributed by atoms with E-state index < -0.39 is 0 Å². The minimum atomic E-state index is -0.0168. The Hall–Kier alpha value is -0.500. The SMILES string of the molecule is CC(=O)c1nnn(CCN2CCCC2)c1I. The molecule has 1 saturated heterocycles. The predicted molar refractivity (Wildman–Crippen MR) is 68.4 cm³/mol. The summed E-state index contributed by atoms with van der Waals surface area (Å²) in [6.45, 7) is 5.71. The number of ketones is 1. The lowest BCUT2D eigenvalue weighted by molar-refractivity contribution is 0.101. The Balaban J connectivity index is 1.96. The molecule has 0 spiro atoms. The second-order valence-electron chi connectivity index (χ2n) is 4.06. The van der Waals surface area contributed by atoms with Crippen LogP contribution in [0.3, 0.4) is 0 Å². The van der Waals surface area contributed by atoms with Crippen LogP contribution in [0.5, 0.6) is 0 Å². The molecule has 6 heteroatoms. The quantitative estimate of drug-likeness (QED) is 0.613. The summed E-state index contributed by atoms with van der Waals surface area (Å²) in [6, 6.07) is 0. The first-order chi connectivity index (χ1) is 7.68. The van der Waals surface area contributed by atoms with Gasteiger partial charge in [-0.25, -0.2) is 4.68 Å². The van der Waals surface area contributed by atoms with E-state index in [0.29, 0.717) is 5.69 Å². The van der Waals surface area contributed by atoms with Crippen molar-refractivity contribution in [3.63, 3.8) is 0 Å². The van der Waals surface area contributed by atoms with E-state index in [9.17, 15) is 4.79 Å². The van der Waals surface area contributed by atoms with Gasteiger partial charge in [-0.2, -0.15) is 0 Å². The number of carbonyl (C=O) groups is 1. The minimum absolute atomic E-state index is 0.0168. The second kappa shape index (κ2) is 5.22. The number of carbonyl (C=O) groups excluding carboxylic acids is 1. The Kier molecular flexibility index (Phi) is 3.91. The van der Waals surface area contributed by atoms with Crippen molar-refractivity contribution < 1.29 is 4.79 Å². The van der Waals surface area contributed by atoms with Crippen molar-refractivity contribution in [3.05, 3.63) is 9.39 Å². The van der Waals surface area contributed by atoms with Gasteiger partial charge in [0.05, 0.1) is 6.54 Å². The van der Waals surface area contributed by atoms with Crippen LogP contribution < -0.4 is 0 Å². The molecule has 0 aliphatic carbocycles. The summed E-state index contributed by atoms with van der Waals surface area (Å²) < 4.78 is 2.67. The average Bonchev–Trinajstić information content (AvgIpc) is 2.84. The Bertz CT molecular complexity index is 384. The number of hydrogen-bond acceptors (Lipinski definition) is 4. The first-order valence-electron chi connectivity index (χ1n) is 5.51. The van der Waals surface area contributed by atoms with Crippen molar-refractivity contribution in [3.8, 4) is 0 Å². The molecule has 5 nitrogen and oxygen atoms in total. The van der Waals surface area contributed by atoms with E-state index in [-0.39, 0.29) is 5.78 Å². The molecule has 0 atom stereocenters. The molecule has 1 aromatic heterocycles. The fourth-order valence-corrected chi connectivity index (χ4v) is 2.73. The van der Waals surface area contributed by atoms with E-state index in [1.54, 1.807) is 0 Å². The summed E-state index contributed by atoms with van der Waals surface area (Å²) >= 11 is 2.14. The Morgan fingerprint density at radius 2 is 2.06 bits per heavy atom. The molecule has 16 heavy (non-hydrogen) atoms. The summed E-state index contributed by atoms with van der Waals surface area (Å²) in [4.78, 5) is 13.6. The first-order valence-corrected chi connectivity index (χ1v) is 6.58. The van der Waals surface area contributed by atoms with Gasteiger partial charge in [0, 0.05) is 13.5 Å². The molecule has 2 rings (SSSR count). The summed E-state index contributed by atoms with van der Waals surface area (Å²) in [5.41, 5.74) is 0.488. The maximum atomic E-state index is 11.2. The molecule has 1 aliphatic heterocycles. The van der Waals surface area contributed by atoms with Crippen LogP contribution in [0, 0.1) is 3.70 Å². The van der Waals surface area contributed by atoms with E-state index in [1.165, 1.54) is 32.9 Å². The fourth-order valence-electron chi connectivity index (χ4n) is 1.90. The van der Waals surface area contributed by atoms with E-state index in [4.69, 9.17) is 0 Å². The highest BCUT2D eigenvalue weighted by atomic mass is 127. The van der Waals surface area contributed by atoms with Crippen molar-refractivity contribution in [1.82, 2.24) is 19.9 Å². The molecule has 1 aliphatic rings. The van der Waals surface area contributed by atoms with Crippen LogP contribution >= 0.6 is 22.6 Å². The molecular weight excluding hydrogens is 319 g/mol. The second-order valence-corrected chi connectivity index (χ2v) is 5.08.